The predicted molar refractivity (Wildman–Crippen MR) is 59.0 cm³/mol. The molecule has 0 atom stereocenters. The largest absolute Gasteiger partial charge is 0.479 e. The van der Waals surface area contributed by atoms with E-state index in [4.69, 9.17) is 9.84 Å². The molecule has 0 bridgehead atoms. The summed E-state index contributed by atoms with van der Waals surface area (Å²) in [5.41, 5.74) is -0.169. The van der Waals surface area contributed by atoms with Gasteiger partial charge in [0.05, 0.1) is 13.2 Å². The molecule has 1 heterocycles. The highest BCUT2D eigenvalue weighted by atomic mass is 79.9. The van der Waals surface area contributed by atoms with E-state index in [9.17, 15) is 4.79 Å². The molecular formula is C10H10BrNO3. The summed E-state index contributed by atoms with van der Waals surface area (Å²) in [6.07, 6.45) is 0. The molecule has 15 heavy (non-hydrogen) atoms. The van der Waals surface area contributed by atoms with Crippen molar-refractivity contribution < 1.29 is 14.6 Å². The van der Waals surface area contributed by atoms with Crippen LogP contribution in [0.4, 0.5) is 5.69 Å². The van der Waals surface area contributed by atoms with E-state index in [-0.39, 0.29) is 13.2 Å². The third kappa shape index (κ3) is 1.98. The molecule has 0 radical (unpaired) electrons. The van der Waals surface area contributed by atoms with E-state index >= 15 is 0 Å². The van der Waals surface area contributed by atoms with Gasteiger partial charge in [-0.15, -0.1) is 0 Å². The molecule has 4 nitrogen and oxygen atoms in total. The van der Waals surface area contributed by atoms with Gasteiger partial charge < -0.3 is 15.2 Å². The van der Waals surface area contributed by atoms with Crippen LogP contribution in [0.25, 0.3) is 0 Å². The topological polar surface area (TPSA) is 58.6 Å². The molecule has 1 aromatic carbocycles. The first kappa shape index (κ1) is 10.4. The Morgan fingerprint density at radius 3 is 2.40 bits per heavy atom. The van der Waals surface area contributed by atoms with Crippen LogP contribution in [0.3, 0.4) is 0 Å². The maximum atomic E-state index is 11.0. The Labute approximate surface area is 95.4 Å². The Morgan fingerprint density at radius 1 is 1.40 bits per heavy atom. The Hall–Kier alpha value is -1.07. The normalized spacial score (nSPS) is 17.9. The Bertz CT molecular complexity index is 373. The van der Waals surface area contributed by atoms with Gasteiger partial charge in [-0.05, 0) is 24.3 Å². The van der Waals surface area contributed by atoms with Gasteiger partial charge in [0, 0.05) is 10.2 Å². The van der Waals surface area contributed by atoms with E-state index in [1.807, 2.05) is 24.3 Å². The van der Waals surface area contributed by atoms with Gasteiger partial charge in [-0.3, -0.25) is 0 Å². The third-order valence-corrected chi connectivity index (χ3v) is 2.86. The highest BCUT2D eigenvalue weighted by Crippen LogP contribution is 2.24. The molecule has 1 fully saturated rings. The Balaban J connectivity index is 2.13. The lowest BCUT2D eigenvalue weighted by molar-refractivity contribution is -0.158. The number of benzene rings is 1. The quantitative estimate of drug-likeness (QED) is 0.879. The minimum absolute atomic E-state index is 0.207. The molecule has 0 aromatic heterocycles. The lowest BCUT2D eigenvalue weighted by Crippen LogP contribution is -2.61. The monoisotopic (exact) mass is 271 g/mol. The van der Waals surface area contributed by atoms with Gasteiger partial charge in [0.1, 0.15) is 0 Å². The van der Waals surface area contributed by atoms with E-state index in [0.29, 0.717) is 0 Å². The van der Waals surface area contributed by atoms with Crippen molar-refractivity contribution in [2.75, 3.05) is 18.5 Å². The molecule has 2 N–H and O–H groups in total. The molecule has 2 rings (SSSR count). The molecule has 1 aliphatic heterocycles. The zero-order valence-corrected chi connectivity index (χ0v) is 9.45. The average molecular weight is 272 g/mol. The predicted octanol–water partition coefficient (Wildman–Crippen LogP) is 1.71. The van der Waals surface area contributed by atoms with Gasteiger partial charge in [0.15, 0.2) is 5.54 Å². The number of hydrogen-bond acceptors (Lipinski definition) is 3. The van der Waals surface area contributed by atoms with E-state index in [2.05, 4.69) is 21.2 Å². The minimum atomic E-state index is -0.951. The molecule has 80 valence electrons. The summed E-state index contributed by atoms with van der Waals surface area (Å²) in [7, 11) is 0. The van der Waals surface area contributed by atoms with Crippen LogP contribution >= 0.6 is 15.9 Å². The van der Waals surface area contributed by atoms with Gasteiger partial charge in [-0.25, -0.2) is 4.79 Å². The summed E-state index contributed by atoms with van der Waals surface area (Å²) >= 11 is 3.32. The van der Waals surface area contributed by atoms with Crippen molar-refractivity contribution in [1.29, 1.82) is 0 Å². The highest BCUT2D eigenvalue weighted by molar-refractivity contribution is 9.10. The maximum Gasteiger partial charge on any atom is 0.334 e. The first-order chi connectivity index (χ1) is 7.12. The standard InChI is InChI=1S/C10H10BrNO3/c11-7-1-3-8(4-2-7)12-10(9(13)14)5-15-6-10/h1-4,12H,5-6H2,(H,13,14). The second-order valence-electron chi connectivity index (χ2n) is 3.51. The summed E-state index contributed by atoms with van der Waals surface area (Å²) < 4.78 is 5.90. The number of halogens is 1. The van der Waals surface area contributed by atoms with Crippen LogP contribution in [0, 0.1) is 0 Å². The van der Waals surface area contributed by atoms with Crippen molar-refractivity contribution in [3.05, 3.63) is 28.7 Å². The lowest BCUT2D eigenvalue weighted by atomic mass is 9.97. The Kier molecular flexibility index (Phi) is 2.67. The lowest BCUT2D eigenvalue weighted by Gasteiger charge is -2.38. The first-order valence-corrected chi connectivity index (χ1v) is 5.27. The van der Waals surface area contributed by atoms with Crippen LogP contribution in [0.1, 0.15) is 0 Å². The van der Waals surface area contributed by atoms with Crippen molar-refractivity contribution in [2.24, 2.45) is 0 Å². The number of ether oxygens (including phenoxy) is 1. The fraction of sp³-hybridized carbons (Fsp3) is 0.300. The molecule has 0 amide bonds. The SMILES string of the molecule is O=C(O)C1(Nc2ccc(Br)cc2)COC1. The molecule has 1 aliphatic rings. The molecule has 5 heteroatoms. The first-order valence-electron chi connectivity index (χ1n) is 4.47. The fourth-order valence-electron chi connectivity index (χ4n) is 1.36. The summed E-state index contributed by atoms with van der Waals surface area (Å²) in [5.74, 6) is -0.878. The van der Waals surface area contributed by atoms with Crippen LogP contribution in [-0.2, 0) is 9.53 Å². The van der Waals surface area contributed by atoms with Gasteiger partial charge in [0.25, 0.3) is 0 Å². The number of hydrogen-bond donors (Lipinski definition) is 2. The van der Waals surface area contributed by atoms with E-state index in [1.165, 1.54) is 0 Å². The van der Waals surface area contributed by atoms with E-state index in [0.717, 1.165) is 10.2 Å². The summed E-state index contributed by atoms with van der Waals surface area (Å²) in [5, 5.41) is 12.0. The smallest absolute Gasteiger partial charge is 0.334 e. The number of nitrogens with one attached hydrogen (secondary N) is 1. The average Bonchev–Trinajstić information content (AvgIpc) is 2.13. The number of rotatable bonds is 3. The maximum absolute atomic E-state index is 11.0. The number of carbonyl (C=O) groups is 1. The number of aliphatic carboxylic acids is 1. The second kappa shape index (κ2) is 3.83. The zero-order chi connectivity index (χ0) is 10.9. The van der Waals surface area contributed by atoms with Crippen molar-refractivity contribution in [1.82, 2.24) is 0 Å². The summed E-state index contributed by atoms with van der Waals surface area (Å²) in [6.45, 7) is 0.413. The summed E-state index contributed by atoms with van der Waals surface area (Å²) in [4.78, 5) is 11.0. The molecular weight excluding hydrogens is 262 g/mol. The van der Waals surface area contributed by atoms with Gasteiger partial charge in [-0.1, -0.05) is 15.9 Å². The van der Waals surface area contributed by atoms with Crippen LogP contribution in [0.15, 0.2) is 28.7 Å². The minimum Gasteiger partial charge on any atom is -0.479 e. The molecule has 1 aromatic rings. The molecule has 0 unspecified atom stereocenters. The van der Waals surface area contributed by atoms with Crippen molar-refractivity contribution in [3.63, 3.8) is 0 Å². The van der Waals surface area contributed by atoms with Gasteiger partial charge >= 0.3 is 5.97 Å². The van der Waals surface area contributed by atoms with Crippen LogP contribution < -0.4 is 5.32 Å². The second-order valence-corrected chi connectivity index (χ2v) is 4.43. The molecule has 0 spiro atoms. The Morgan fingerprint density at radius 2 is 2.00 bits per heavy atom. The number of anilines is 1. The van der Waals surface area contributed by atoms with E-state index < -0.39 is 11.5 Å². The van der Waals surface area contributed by atoms with Crippen LogP contribution in [-0.4, -0.2) is 29.8 Å². The van der Waals surface area contributed by atoms with Crippen molar-refractivity contribution in [2.45, 2.75) is 5.54 Å². The zero-order valence-electron chi connectivity index (χ0n) is 7.87. The number of carboxylic acid groups (broad SMARTS) is 1. The molecule has 1 saturated heterocycles. The number of carboxylic acids is 1. The van der Waals surface area contributed by atoms with Crippen LogP contribution in [0.2, 0.25) is 0 Å². The van der Waals surface area contributed by atoms with E-state index in [1.54, 1.807) is 0 Å². The van der Waals surface area contributed by atoms with Crippen LogP contribution in [0.5, 0.6) is 0 Å². The highest BCUT2D eigenvalue weighted by Gasteiger charge is 2.46. The molecule has 0 saturated carbocycles. The summed E-state index contributed by atoms with van der Waals surface area (Å²) in [6, 6.07) is 7.37. The van der Waals surface area contributed by atoms with Gasteiger partial charge in [-0.2, -0.15) is 0 Å². The van der Waals surface area contributed by atoms with Crippen molar-refractivity contribution >= 4 is 27.6 Å². The fourth-order valence-corrected chi connectivity index (χ4v) is 1.63. The van der Waals surface area contributed by atoms with Crippen molar-refractivity contribution in [3.8, 4) is 0 Å². The van der Waals surface area contributed by atoms with Gasteiger partial charge in [0.2, 0.25) is 0 Å². The third-order valence-electron chi connectivity index (χ3n) is 2.33. The molecule has 0 aliphatic carbocycles.